The molecule has 0 radical (unpaired) electrons. The van der Waals surface area contributed by atoms with Crippen LogP contribution in [0.1, 0.15) is 36.5 Å². The smallest absolute Gasteiger partial charge is 0.362 e. The van der Waals surface area contributed by atoms with Gasteiger partial charge in [-0.3, -0.25) is 4.57 Å². The summed E-state index contributed by atoms with van der Waals surface area (Å²) in [5.41, 5.74) is 8.82. The van der Waals surface area contributed by atoms with Crippen LogP contribution in [0.4, 0.5) is 0 Å². The van der Waals surface area contributed by atoms with Gasteiger partial charge >= 0.3 is 7.60 Å². The Morgan fingerprint density at radius 1 is 1.07 bits per heavy atom. The van der Waals surface area contributed by atoms with Crippen molar-refractivity contribution >= 4 is 13.4 Å². The van der Waals surface area contributed by atoms with Gasteiger partial charge in [0, 0.05) is 5.56 Å². The number of nitriles is 1. The van der Waals surface area contributed by atoms with Gasteiger partial charge in [-0.1, -0.05) is 60.2 Å². The molecular weight excluding hydrogens is 399 g/mol. The van der Waals surface area contributed by atoms with Crippen LogP contribution in [-0.4, -0.2) is 13.2 Å². The van der Waals surface area contributed by atoms with E-state index in [9.17, 15) is 9.83 Å². The summed E-state index contributed by atoms with van der Waals surface area (Å²) in [4.78, 5) is 0. The molecule has 0 aliphatic carbocycles. The van der Waals surface area contributed by atoms with E-state index in [1.54, 1.807) is 13.8 Å². The molecule has 0 amide bonds. The average Bonchev–Trinajstić information content (AvgIpc) is 2.74. The maximum absolute atomic E-state index is 14.0. The summed E-state index contributed by atoms with van der Waals surface area (Å²) >= 11 is 0. The minimum atomic E-state index is -3.81. The number of allylic oxidation sites excluding steroid dienone is 2. The summed E-state index contributed by atoms with van der Waals surface area (Å²) in [7, 11) is -3.81. The predicted octanol–water partition coefficient (Wildman–Crippen LogP) is 5.44. The van der Waals surface area contributed by atoms with Crippen molar-refractivity contribution in [2.75, 3.05) is 13.2 Å². The Morgan fingerprint density at radius 3 is 2.20 bits per heavy atom. The summed E-state index contributed by atoms with van der Waals surface area (Å²) in [6, 6.07) is 19.0. The second-order valence-electron chi connectivity index (χ2n) is 6.75. The third-order valence-corrected chi connectivity index (χ3v) is 6.98. The van der Waals surface area contributed by atoms with Gasteiger partial charge in [0.2, 0.25) is 5.88 Å². The van der Waals surface area contributed by atoms with Crippen molar-refractivity contribution in [2.45, 2.75) is 26.7 Å². The molecule has 2 aromatic rings. The summed E-state index contributed by atoms with van der Waals surface area (Å²) in [6.07, 6.45) is 0. The highest BCUT2D eigenvalue weighted by Crippen LogP contribution is 2.65. The number of benzene rings is 2. The van der Waals surface area contributed by atoms with Gasteiger partial charge in [0.25, 0.3) is 0 Å². The Morgan fingerprint density at radius 2 is 1.67 bits per heavy atom. The number of rotatable bonds is 7. The molecule has 1 unspecified atom stereocenters. The number of nitrogens with zero attached hydrogens (tertiary/aromatic N) is 1. The summed E-state index contributed by atoms with van der Waals surface area (Å²) in [6.45, 7) is 5.80. The lowest BCUT2D eigenvalue weighted by Gasteiger charge is -2.32. The van der Waals surface area contributed by atoms with Gasteiger partial charge in [-0.2, -0.15) is 5.26 Å². The summed E-state index contributed by atoms with van der Waals surface area (Å²) < 4.78 is 31.3. The molecule has 1 aliphatic rings. The van der Waals surface area contributed by atoms with Crippen LogP contribution >= 0.6 is 7.60 Å². The van der Waals surface area contributed by atoms with Gasteiger partial charge in [0.1, 0.15) is 17.4 Å². The average molecular weight is 424 g/mol. The first kappa shape index (κ1) is 21.9. The fraction of sp³-hybridized carbons (Fsp3) is 0.261. The molecule has 0 fully saturated rings. The second kappa shape index (κ2) is 9.32. The lowest BCUT2D eigenvalue weighted by atomic mass is 9.88. The van der Waals surface area contributed by atoms with Crippen molar-refractivity contribution in [2.24, 2.45) is 5.73 Å². The predicted molar refractivity (Wildman–Crippen MR) is 116 cm³/mol. The molecule has 0 bridgehead atoms. The lowest BCUT2D eigenvalue weighted by Crippen LogP contribution is -2.22. The number of hydrogen-bond donors (Lipinski definition) is 1. The lowest BCUT2D eigenvalue weighted by molar-refractivity contribution is 0.223. The van der Waals surface area contributed by atoms with Gasteiger partial charge in [0.15, 0.2) is 0 Å². The van der Waals surface area contributed by atoms with Crippen LogP contribution in [0.15, 0.2) is 71.4 Å². The first-order valence-electron chi connectivity index (χ1n) is 9.78. The molecule has 0 spiro atoms. The second-order valence-corrected chi connectivity index (χ2v) is 8.74. The Kier molecular flexibility index (Phi) is 6.79. The number of aryl methyl sites for hydroxylation is 1. The molecule has 2 N–H and O–H groups in total. The Balaban J connectivity index is 2.36. The van der Waals surface area contributed by atoms with Crippen molar-refractivity contribution < 1.29 is 18.3 Å². The van der Waals surface area contributed by atoms with Crippen LogP contribution in [-0.2, 0) is 18.3 Å². The minimum Gasteiger partial charge on any atom is -0.439 e. The fourth-order valence-corrected chi connectivity index (χ4v) is 5.48. The van der Waals surface area contributed by atoms with E-state index in [0.717, 1.165) is 11.1 Å². The first-order valence-corrected chi connectivity index (χ1v) is 11.3. The van der Waals surface area contributed by atoms with Gasteiger partial charge in [-0.25, -0.2) is 0 Å². The van der Waals surface area contributed by atoms with Crippen LogP contribution in [0.25, 0.3) is 5.76 Å². The molecule has 1 aliphatic heterocycles. The molecule has 0 aromatic heterocycles. The summed E-state index contributed by atoms with van der Waals surface area (Å²) in [5, 5.41) is 10.2. The van der Waals surface area contributed by atoms with Crippen LogP contribution in [0, 0.1) is 18.3 Å². The Bertz CT molecular complexity index is 1040. The zero-order valence-corrected chi connectivity index (χ0v) is 18.2. The molecule has 0 saturated carbocycles. The molecular formula is C23H25N2O4P. The number of nitrogens with two attached hydrogens (primary N) is 1. The Hall–Kier alpha value is -2.84. The maximum atomic E-state index is 14.0. The number of hydrogen-bond acceptors (Lipinski definition) is 6. The van der Waals surface area contributed by atoms with E-state index in [-0.39, 0.29) is 30.0 Å². The van der Waals surface area contributed by atoms with E-state index in [1.807, 2.05) is 61.5 Å². The molecule has 0 saturated heterocycles. The molecule has 7 heteroatoms. The van der Waals surface area contributed by atoms with Crippen molar-refractivity contribution in [3.05, 3.63) is 88.1 Å². The largest absolute Gasteiger partial charge is 0.439 e. The zero-order chi connectivity index (χ0) is 21.7. The number of ether oxygens (including phenoxy) is 1. The highest BCUT2D eigenvalue weighted by atomic mass is 31.2. The van der Waals surface area contributed by atoms with Crippen molar-refractivity contribution in [3.8, 4) is 6.07 Å². The van der Waals surface area contributed by atoms with Crippen LogP contribution in [0.5, 0.6) is 0 Å². The fourth-order valence-electron chi connectivity index (χ4n) is 3.43. The van der Waals surface area contributed by atoms with E-state index in [0.29, 0.717) is 11.3 Å². The van der Waals surface area contributed by atoms with Crippen LogP contribution in [0.2, 0.25) is 0 Å². The first-order chi connectivity index (χ1) is 14.4. The third kappa shape index (κ3) is 4.20. The standard InChI is InChI=1S/C23H25N2O4P/c1-4-27-30(26,28-5-2)22-20(17-13-11-16(3)12-14-17)19(15-24)23(25)29-21(22)18-9-7-6-8-10-18/h6-14,20H,4-5,25H2,1-3H3. The molecule has 1 atom stereocenters. The molecule has 30 heavy (non-hydrogen) atoms. The topological polar surface area (TPSA) is 94.6 Å². The zero-order valence-electron chi connectivity index (χ0n) is 17.3. The van der Waals surface area contributed by atoms with E-state index >= 15 is 0 Å². The highest BCUT2D eigenvalue weighted by molar-refractivity contribution is 7.58. The van der Waals surface area contributed by atoms with Gasteiger partial charge in [-0.15, -0.1) is 0 Å². The quantitative estimate of drug-likeness (QED) is 0.595. The Labute approximate surface area is 177 Å². The molecule has 3 rings (SSSR count). The highest BCUT2D eigenvalue weighted by Gasteiger charge is 2.45. The summed E-state index contributed by atoms with van der Waals surface area (Å²) in [5.74, 6) is -0.448. The van der Waals surface area contributed by atoms with Crippen molar-refractivity contribution in [1.29, 1.82) is 5.26 Å². The van der Waals surface area contributed by atoms with E-state index in [2.05, 4.69) is 6.07 Å². The molecule has 1 heterocycles. The van der Waals surface area contributed by atoms with Crippen molar-refractivity contribution in [1.82, 2.24) is 0 Å². The minimum absolute atomic E-state index is 0.0229. The van der Waals surface area contributed by atoms with Gasteiger partial charge in [0.05, 0.1) is 24.4 Å². The van der Waals surface area contributed by atoms with Gasteiger partial charge < -0.3 is 19.5 Å². The van der Waals surface area contributed by atoms with Gasteiger partial charge in [-0.05, 0) is 26.3 Å². The molecule has 2 aromatic carbocycles. The maximum Gasteiger partial charge on any atom is 0.362 e. The molecule has 6 nitrogen and oxygen atoms in total. The molecule has 156 valence electrons. The van der Waals surface area contributed by atoms with Crippen LogP contribution in [0.3, 0.4) is 0 Å². The SMILES string of the molecule is CCOP(=O)(OCC)C1=C(c2ccccc2)OC(N)=C(C#N)C1c1ccc(C)cc1. The normalized spacial score (nSPS) is 16.9. The van der Waals surface area contributed by atoms with E-state index in [1.165, 1.54) is 0 Å². The van der Waals surface area contributed by atoms with Crippen molar-refractivity contribution in [3.63, 3.8) is 0 Å². The van der Waals surface area contributed by atoms with E-state index < -0.39 is 13.5 Å². The van der Waals surface area contributed by atoms with Crippen LogP contribution < -0.4 is 5.73 Å². The third-order valence-electron chi connectivity index (χ3n) is 4.73. The monoisotopic (exact) mass is 424 g/mol. The van der Waals surface area contributed by atoms with E-state index in [4.69, 9.17) is 19.5 Å².